The number of hydrogen-bond acceptors (Lipinski definition) is 14. The molecule has 0 aromatic rings. The van der Waals surface area contributed by atoms with Crippen molar-refractivity contribution >= 4 is 11.9 Å². The van der Waals surface area contributed by atoms with Crippen molar-refractivity contribution in [3.05, 3.63) is 0 Å². The van der Waals surface area contributed by atoms with Crippen molar-refractivity contribution < 1.29 is 62.1 Å². The smallest absolute Gasteiger partial charge is 0.305 e. The maximum Gasteiger partial charge on any atom is 0.305 e. The van der Waals surface area contributed by atoms with Crippen molar-refractivity contribution in [1.29, 1.82) is 0 Å². The average molecular weight is 700 g/mol. The summed E-state index contributed by atoms with van der Waals surface area (Å²) in [5.41, 5.74) is 9.84. The number of carboxylic acid groups (broad SMARTS) is 1. The van der Waals surface area contributed by atoms with Crippen molar-refractivity contribution in [2.24, 2.45) is 11.5 Å². The Morgan fingerprint density at radius 2 is 0.875 bits per heavy atom. The van der Waals surface area contributed by atoms with Gasteiger partial charge in [-0.2, -0.15) is 0 Å². The van der Waals surface area contributed by atoms with Gasteiger partial charge in [-0.05, 0) is 6.42 Å². The summed E-state index contributed by atoms with van der Waals surface area (Å²) < 4.78 is 56.1. The van der Waals surface area contributed by atoms with E-state index in [-0.39, 0.29) is 78.2 Å². The molecule has 0 rings (SSSR count). The molecule has 16 heteroatoms. The zero-order valence-electron chi connectivity index (χ0n) is 29.3. The zero-order valence-corrected chi connectivity index (χ0v) is 29.3. The molecule has 286 valence electrons. The first-order valence-corrected chi connectivity index (χ1v) is 17.2. The van der Waals surface area contributed by atoms with Crippen LogP contribution in [0.5, 0.6) is 0 Å². The number of hydrogen-bond donors (Lipinski definition) is 4. The lowest BCUT2D eigenvalue weighted by molar-refractivity contribution is -0.138. The number of carbonyl (C=O) groups excluding carboxylic acids is 1. The van der Waals surface area contributed by atoms with E-state index >= 15 is 0 Å². The summed E-state index contributed by atoms with van der Waals surface area (Å²) in [4.78, 5) is 23.7. The predicted octanol–water partition coefficient (Wildman–Crippen LogP) is 0.370. The Morgan fingerprint density at radius 3 is 1.29 bits per heavy atom. The fraction of sp³-hybridized carbons (Fsp3) is 0.938. The summed E-state index contributed by atoms with van der Waals surface area (Å²) in [5.74, 6) is -1.20. The average Bonchev–Trinajstić information content (AvgIpc) is 3.07. The van der Waals surface area contributed by atoms with Crippen LogP contribution in [0.15, 0.2) is 0 Å². The molecule has 0 aromatic carbocycles. The fourth-order valence-corrected chi connectivity index (χ4v) is 3.94. The second kappa shape index (κ2) is 36.7. The van der Waals surface area contributed by atoms with Crippen LogP contribution in [0.1, 0.15) is 45.4 Å². The van der Waals surface area contributed by atoms with Crippen LogP contribution in [0, 0.1) is 0 Å². The number of carboxylic acids is 1. The van der Waals surface area contributed by atoms with Crippen molar-refractivity contribution in [3.63, 3.8) is 0 Å². The van der Waals surface area contributed by atoms with E-state index in [0.717, 1.165) is 12.8 Å². The Hall–Kier alpha value is -1.54. The van der Waals surface area contributed by atoms with E-state index in [9.17, 15) is 9.59 Å². The van der Waals surface area contributed by atoms with Gasteiger partial charge in [-0.3, -0.25) is 9.59 Å². The first-order chi connectivity index (χ1) is 23.5. The number of rotatable bonds is 40. The van der Waals surface area contributed by atoms with Crippen molar-refractivity contribution in [2.45, 2.75) is 51.0 Å². The van der Waals surface area contributed by atoms with Gasteiger partial charge in [0.15, 0.2) is 0 Å². The van der Waals surface area contributed by atoms with Crippen molar-refractivity contribution in [1.82, 2.24) is 5.32 Å². The highest BCUT2D eigenvalue weighted by molar-refractivity contribution is 5.77. The highest BCUT2D eigenvalue weighted by atomic mass is 16.6. The summed E-state index contributed by atoms with van der Waals surface area (Å²) in [6.45, 7) is 9.50. The molecule has 16 nitrogen and oxygen atoms in total. The SMILES string of the molecule is CCCCCCOCCOCC(COCCOCCOCCN)(COCCOCCOCCN)NC(=O)CCOCCOCCC(=O)O. The molecule has 48 heavy (non-hydrogen) atoms. The molecular weight excluding hydrogens is 634 g/mol. The molecule has 0 aromatic heterocycles. The molecule has 0 bridgehead atoms. The standard InChI is InChI=1S/C32H65N3O13/c1-2-3-4-5-10-39-21-24-46-27-32(28-47-25-22-44-19-17-42-13-8-33,29-48-26-23-45-20-18-43-14-9-34)35-30(36)6-11-40-15-16-41-12-7-31(37)38/h2-29,33-34H2,1H3,(H,35,36)(H,37,38). The number of nitrogens with two attached hydrogens (primary N) is 2. The van der Waals surface area contributed by atoms with E-state index in [1.165, 1.54) is 12.8 Å². The summed E-state index contributed by atoms with van der Waals surface area (Å²) in [7, 11) is 0. The quantitative estimate of drug-likeness (QED) is 0.0637. The third kappa shape index (κ3) is 33.0. The topological polar surface area (TPSA) is 211 Å². The highest BCUT2D eigenvalue weighted by Crippen LogP contribution is 2.11. The molecule has 0 spiro atoms. The minimum Gasteiger partial charge on any atom is -0.481 e. The van der Waals surface area contributed by atoms with Crippen molar-refractivity contribution in [2.75, 3.05) is 145 Å². The van der Waals surface area contributed by atoms with Crippen LogP contribution in [-0.4, -0.2) is 168 Å². The van der Waals surface area contributed by atoms with Crippen LogP contribution in [0.2, 0.25) is 0 Å². The van der Waals surface area contributed by atoms with Gasteiger partial charge in [0.05, 0.1) is 132 Å². The van der Waals surface area contributed by atoms with Crippen molar-refractivity contribution in [3.8, 4) is 0 Å². The van der Waals surface area contributed by atoms with Gasteiger partial charge in [-0.15, -0.1) is 0 Å². The Kier molecular flexibility index (Phi) is 35.6. The van der Waals surface area contributed by atoms with Gasteiger partial charge in [-0.25, -0.2) is 0 Å². The third-order valence-corrected chi connectivity index (χ3v) is 6.37. The first kappa shape index (κ1) is 46.5. The lowest BCUT2D eigenvalue weighted by atomic mass is 10.0. The normalized spacial score (nSPS) is 11.7. The van der Waals surface area contributed by atoms with E-state index < -0.39 is 11.5 Å². The molecule has 6 N–H and O–H groups in total. The highest BCUT2D eigenvalue weighted by Gasteiger charge is 2.33. The molecule has 0 aliphatic heterocycles. The van der Waals surface area contributed by atoms with Crippen LogP contribution < -0.4 is 16.8 Å². The second-order valence-electron chi connectivity index (χ2n) is 10.8. The summed E-state index contributed by atoms with van der Waals surface area (Å²) >= 11 is 0. The van der Waals surface area contributed by atoms with Gasteiger partial charge in [-0.1, -0.05) is 26.2 Å². The molecule has 0 fully saturated rings. The fourth-order valence-electron chi connectivity index (χ4n) is 3.94. The summed E-state index contributed by atoms with van der Waals surface area (Å²) in [6.07, 6.45) is 4.50. The van der Waals surface area contributed by atoms with E-state index in [0.29, 0.717) is 85.8 Å². The number of ether oxygens (including phenoxy) is 10. The van der Waals surface area contributed by atoms with Gasteiger partial charge < -0.3 is 69.3 Å². The number of nitrogens with one attached hydrogen (secondary N) is 1. The minimum atomic E-state index is -1.01. The first-order valence-electron chi connectivity index (χ1n) is 17.2. The molecule has 1 amide bonds. The van der Waals surface area contributed by atoms with Gasteiger partial charge in [0.1, 0.15) is 5.54 Å². The van der Waals surface area contributed by atoms with Gasteiger partial charge in [0.25, 0.3) is 0 Å². The third-order valence-electron chi connectivity index (χ3n) is 6.37. The van der Waals surface area contributed by atoms with Crippen LogP contribution in [0.3, 0.4) is 0 Å². The molecule has 0 saturated carbocycles. The number of aliphatic carboxylic acids is 1. The van der Waals surface area contributed by atoms with E-state index in [4.69, 9.17) is 63.9 Å². The number of unbranched alkanes of at least 4 members (excludes halogenated alkanes) is 3. The van der Waals surface area contributed by atoms with Crippen LogP contribution in [0.25, 0.3) is 0 Å². The molecular formula is C32H65N3O13. The summed E-state index contributed by atoms with van der Waals surface area (Å²) in [6, 6.07) is 0. The molecule has 0 atom stereocenters. The Morgan fingerprint density at radius 1 is 0.500 bits per heavy atom. The predicted molar refractivity (Wildman–Crippen MR) is 178 cm³/mol. The molecule has 0 aliphatic rings. The lowest BCUT2D eigenvalue weighted by Crippen LogP contribution is -2.59. The number of carbonyl (C=O) groups is 2. The Labute approximate surface area is 287 Å². The monoisotopic (exact) mass is 699 g/mol. The van der Waals surface area contributed by atoms with E-state index in [1.54, 1.807) is 0 Å². The maximum atomic E-state index is 13.1. The molecule has 0 saturated heterocycles. The van der Waals surface area contributed by atoms with Gasteiger partial charge >= 0.3 is 5.97 Å². The molecule has 0 unspecified atom stereocenters. The second-order valence-corrected chi connectivity index (χ2v) is 10.8. The summed E-state index contributed by atoms with van der Waals surface area (Å²) in [5, 5.41) is 11.7. The maximum absolute atomic E-state index is 13.1. The van der Waals surface area contributed by atoms with Crippen LogP contribution in [-0.2, 0) is 57.0 Å². The van der Waals surface area contributed by atoms with E-state index in [2.05, 4.69) is 12.2 Å². The lowest BCUT2D eigenvalue weighted by Gasteiger charge is -2.34. The Bertz CT molecular complexity index is 655. The Balaban J connectivity index is 5.04. The largest absolute Gasteiger partial charge is 0.481 e. The molecule has 0 radical (unpaired) electrons. The zero-order chi connectivity index (χ0) is 35.2. The molecule has 0 heterocycles. The van der Waals surface area contributed by atoms with Gasteiger partial charge in [0.2, 0.25) is 5.91 Å². The van der Waals surface area contributed by atoms with Crippen LogP contribution >= 0.6 is 0 Å². The van der Waals surface area contributed by atoms with E-state index in [1.807, 2.05) is 0 Å². The van der Waals surface area contributed by atoms with Crippen LogP contribution in [0.4, 0.5) is 0 Å². The minimum absolute atomic E-state index is 0.0769. The molecule has 0 aliphatic carbocycles. The van der Waals surface area contributed by atoms with Gasteiger partial charge in [0, 0.05) is 26.1 Å². The number of amides is 1.